The van der Waals surface area contributed by atoms with Crippen LogP contribution in [0.4, 0.5) is 13.2 Å². The van der Waals surface area contributed by atoms with Crippen LogP contribution in [0.2, 0.25) is 0 Å². The van der Waals surface area contributed by atoms with E-state index in [1.807, 2.05) is 6.07 Å². The molecule has 1 heterocycles. The van der Waals surface area contributed by atoms with Crippen LogP contribution in [0.15, 0.2) is 60.8 Å². The maximum Gasteiger partial charge on any atom is 0.417 e. The number of hydrogen-bond acceptors (Lipinski definition) is 4. The number of rotatable bonds is 5. The van der Waals surface area contributed by atoms with Crippen LogP contribution in [0.3, 0.4) is 0 Å². The highest BCUT2D eigenvalue weighted by atomic mass is 19.4. The Labute approximate surface area is 170 Å². The number of aromatic nitrogens is 2. The van der Waals surface area contributed by atoms with Crippen LogP contribution in [0, 0.1) is 11.3 Å². The summed E-state index contributed by atoms with van der Waals surface area (Å²) in [5.41, 5.74) is 2.48. The molecular formula is C21H17F3N4O2. The first-order chi connectivity index (χ1) is 14.1. The van der Waals surface area contributed by atoms with Gasteiger partial charge in [0.05, 0.1) is 22.9 Å². The molecular weight excluding hydrogens is 397 g/mol. The molecule has 0 aliphatic heterocycles. The van der Waals surface area contributed by atoms with E-state index < -0.39 is 34.9 Å². The van der Waals surface area contributed by atoms with Crippen LogP contribution in [0.25, 0.3) is 11.3 Å². The molecule has 1 aromatic heterocycles. The zero-order chi connectivity index (χ0) is 22.1. The molecule has 0 radical (unpaired) electrons. The molecule has 2 unspecified atom stereocenters. The molecule has 0 spiro atoms. The molecule has 1 amide bonds. The highest BCUT2D eigenvalue weighted by Gasteiger charge is 2.42. The van der Waals surface area contributed by atoms with Gasteiger partial charge < -0.3 is 10.8 Å². The largest absolute Gasteiger partial charge is 0.417 e. The van der Waals surface area contributed by atoms with Gasteiger partial charge in [-0.05, 0) is 30.7 Å². The van der Waals surface area contributed by atoms with Gasteiger partial charge in [0.2, 0.25) is 0 Å². The predicted octanol–water partition coefficient (Wildman–Crippen LogP) is 3.27. The van der Waals surface area contributed by atoms with Crippen LogP contribution in [-0.4, -0.2) is 26.4 Å². The third-order valence-electron chi connectivity index (χ3n) is 4.76. The number of primary amides is 1. The van der Waals surface area contributed by atoms with Gasteiger partial charge in [-0.3, -0.25) is 9.48 Å². The normalized spacial score (nSPS) is 14.5. The number of nitrogens with zero attached hydrogens (tertiary/aromatic N) is 3. The predicted molar refractivity (Wildman–Crippen MR) is 102 cm³/mol. The lowest BCUT2D eigenvalue weighted by Gasteiger charge is -2.31. The van der Waals surface area contributed by atoms with Gasteiger partial charge in [0.1, 0.15) is 6.04 Å². The van der Waals surface area contributed by atoms with E-state index in [1.165, 1.54) is 23.0 Å². The van der Waals surface area contributed by atoms with Crippen LogP contribution >= 0.6 is 0 Å². The summed E-state index contributed by atoms with van der Waals surface area (Å²) in [4.78, 5) is 11.9. The van der Waals surface area contributed by atoms with Gasteiger partial charge in [0, 0.05) is 11.8 Å². The molecule has 0 bridgehead atoms. The lowest BCUT2D eigenvalue weighted by atomic mass is 9.88. The number of amides is 1. The Bertz CT molecular complexity index is 1120. The zero-order valence-corrected chi connectivity index (χ0v) is 15.8. The molecule has 2 aromatic carbocycles. The molecule has 3 aromatic rings. The second kappa shape index (κ2) is 7.65. The van der Waals surface area contributed by atoms with Crippen molar-refractivity contribution in [2.75, 3.05) is 0 Å². The fraction of sp³-hybridized carbons (Fsp3) is 0.190. The molecule has 3 rings (SSSR count). The van der Waals surface area contributed by atoms with Crippen molar-refractivity contribution >= 4 is 5.91 Å². The van der Waals surface area contributed by atoms with Crippen LogP contribution in [0.1, 0.15) is 29.7 Å². The Kier molecular flexibility index (Phi) is 5.37. The van der Waals surface area contributed by atoms with Crippen molar-refractivity contribution in [1.82, 2.24) is 9.78 Å². The standard InChI is InChI=1S/C21H17F3N4O2/c1-20(30,19(26)29)18(14-7-8-15(12-25)16(11-14)21(22,23)24)28-10-9-17(27-28)13-5-3-2-4-6-13/h2-11,18,30H,1H3,(H2,26,29). The first kappa shape index (κ1) is 21.1. The van der Waals surface area contributed by atoms with Crippen molar-refractivity contribution in [3.8, 4) is 17.3 Å². The molecule has 154 valence electrons. The molecule has 2 atom stereocenters. The summed E-state index contributed by atoms with van der Waals surface area (Å²) in [6, 6.07) is 13.7. The summed E-state index contributed by atoms with van der Waals surface area (Å²) >= 11 is 0. The minimum absolute atomic E-state index is 0.0761. The summed E-state index contributed by atoms with van der Waals surface area (Å²) in [7, 11) is 0. The van der Waals surface area contributed by atoms with Crippen molar-refractivity contribution in [1.29, 1.82) is 5.26 Å². The molecule has 0 fully saturated rings. The Balaban J connectivity index is 2.18. The van der Waals surface area contributed by atoms with E-state index in [2.05, 4.69) is 5.10 Å². The molecule has 0 aliphatic rings. The van der Waals surface area contributed by atoms with E-state index in [9.17, 15) is 23.1 Å². The van der Waals surface area contributed by atoms with E-state index in [0.717, 1.165) is 24.6 Å². The van der Waals surface area contributed by atoms with E-state index in [0.29, 0.717) is 5.69 Å². The molecule has 3 N–H and O–H groups in total. The fourth-order valence-corrected chi connectivity index (χ4v) is 3.18. The number of alkyl halides is 3. The molecule has 0 aliphatic carbocycles. The number of carbonyl (C=O) groups is 1. The number of hydrogen-bond donors (Lipinski definition) is 2. The first-order valence-corrected chi connectivity index (χ1v) is 8.80. The summed E-state index contributed by atoms with van der Waals surface area (Å²) in [6.45, 7) is 1.11. The minimum atomic E-state index is -4.80. The van der Waals surface area contributed by atoms with Gasteiger partial charge in [0.15, 0.2) is 5.60 Å². The number of carbonyl (C=O) groups excluding carboxylic acids is 1. The van der Waals surface area contributed by atoms with E-state index in [4.69, 9.17) is 11.0 Å². The van der Waals surface area contributed by atoms with Gasteiger partial charge in [-0.15, -0.1) is 0 Å². The molecule has 30 heavy (non-hydrogen) atoms. The lowest BCUT2D eigenvalue weighted by molar-refractivity contribution is -0.138. The summed E-state index contributed by atoms with van der Waals surface area (Å²) in [5.74, 6) is -1.14. The van der Waals surface area contributed by atoms with Crippen LogP contribution < -0.4 is 5.73 Å². The maximum atomic E-state index is 13.4. The first-order valence-electron chi connectivity index (χ1n) is 8.80. The lowest BCUT2D eigenvalue weighted by Crippen LogP contribution is -2.48. The van der Waals surface area contributed by atoms with Gasteiger partial charge in [-0.25, -0.2) is 0 Å². The van der Waals surface area contributed by atoms with E-state index in [1.54, 1.807) is 30.3 Å². The zero-order valence-electron chi connectivity index (χ0n) is 15.8. The van der Waals surface area contributed by atoms with Crippen LogP contribution in [0.5, 0.6) is 0 Å². The topological polar surface area (TPSA) is 105 Å². The monoisotopic (exact) mass is 414 g/mol. The van der Waals surface area contributed by atoms with Crippen molar-refractivity contribution in [2.24, 2.45) is 5.73 Å². The SMILES string of the molecule is CC(O)(C(N)=O)C(c1ccc(C#N)c(C(F)(F)F)c1)n1ccc(-c2ccccc2)n1. The van der Waals surface area contributed by atoms with Crippen LogP contribution in [-0.2, 0) is 11.0 Å². The number of nitriles is 1. The quantitative estimate of drug-likeness (QED) is 0.669. The highest BCUT2D eigenvalue weighted by molar-refractivity contribution is 5.84. The van der Waals surface area contributed by atoms with Crippen molar-refractivity contribution in [3.05, 3.63) is 77.5 Å². The Hall–Kier alpha value is -3.64. The van der Waals surface area contributed by atoms with Crippen molar-refractivity contribution in [2.45, 2.75) is 24.7 Å². The molecule has 0 saturated carbocycles. The van der Waals surface area contributed by atoms with Gasteiger partial charge in [-0.1, -0.05) is 36.4 Å². The smallest absolute Gasteiger partial charge is 0.378 e. The fourth-order valence-electron chi connectivity index (χ4n) is 3.18. The van der Waals surface area contributed by atoms with Gasteiger partial charge in [0.25, 0.3) is 5.91 Å². The van der Waals surface area contributed by atoms with Gasteiger partial charge >= 0.3 is 6.18 Å². The van der Waals surface area contributed by atoms with Crippen molar-refractivity contribution in [3.63, 3.8) is 0 Å². The third-order valence-corrected chi connectivity index (χ3v) is 4.76. The summed E-state index contributed by atoms with van der Waals surface area (Å²) in [6.07, 6.45) is -3.36. The number of halogens is 3. The highest BCUT2D eigenvalue weighted by Crippen LogP contribution is 2.37. The molecule has 0 saturated heterocycles. The Morgan fingerprint density at radius 3 is 2.43 bits per heavy atom. The van der Waals surface area contributed by atoms with Crippen molar-refractivity contribution < 1.29 is 23.1 Å². The third kappa shape index (κ3) is 3.90. The second-order valence-corrected chi connectivity index (χ2v) is 6.88. The van der Waals surface area contributed by atoms with E-state index in [-0.39, 0.29) is 5.56 Å². The Morgan fingerprint density at radius 2 is 1.87 bits per heavy atom. The summed E-state index contributed by atoms with van der Waals surface area (Å²) in [5, 5.41) is 24.1. The number of benzene rings is 2. The average Bonchev–Trinajstić information content (AvgIpc) is 3.17. The maximum absolute atomic E-state index is 13.4. The average molecular weight is 414 g/mol. The summed E-state index contributed by atoms with van der Waals surface area (Å²) < 4.78 is 41.5. The second-order valence-electron chi connectivity index (χ2n) is 6.88. The number of nitrogens with two attached hydrogens (primary N) is 1. The number of aliphatic hydroxyl groups is 1. The Morgan fingerprint density at radius 1 is 1.20 bits per heavy atom. The molecule has 6 nitrogen and oxygen atoms in total. The van der Waals surface area contributed by atoms with Gasteiger partial charge in [-0.2, -0.15) is 23.5 Å². The minimum Gasteiger partial charge on any atom is -0.378 e. The van der Waals surface area contributed by atoms with E-state index >= 15 is 0 Å². The molecule has 9 heteroatoms.